The zero-order valence-electron chi connectivity index (χ0n) is 17.0. The molecule has 0 amide bonds. The molecule has 7 heteroatoms. The number of nitrogens with zero attached hydrogens (tertiary/aromatic N) is 1. The van der Waals surface area contributed by atoms with Crippen molar-refractivity contribution < 1.29 is 14.2 Å². The molecule has 2 rings (SSSR count). The Kier molecular flexibility index (Phi) is 15.5. The molecule has 0 spiro atoms. The van der Waals surface area contributed by atoms with Crippen molar-refractivity contribution >= 4 is 29.9 Å². The largest absolute Gasteiger partial charge is 0.381 e. The summed E-state index contributed by atoms with van der Waals surface area (Å²) in [5, 5.41) is 6.69. The molecule has 1 atom stereocenters. The summed E-state index contributed by atoms with van der Waals surface area (Å²) in [4.78, 5) is 4.62. The van der Waals surface area contributed by atoms with Crippen molar-refractivity contribution in [3.05, 3.63) is 0 Å². The van der Waals surface area contributed by atoms with E-state index < -0.39 is 0 Å². The van der Waals surface area contributed by atoms with E-state index in [1.165, 1.54) is 32.1 Å². The summed E-state index contributed by atoms with van der Waals surface area (Å²) < 4.78 is 17.0. The van der Waals surface area contributed by atoms with Crippen LogP contribution in [0.2, 0.25) is 0 Å². The molecule has 2 aliphatic rings. The molecule has 0 aromatic rings. The van der Waals surface area contributed by atoms with Crippen LogP contribution in [0.5, 0.6) is 0 Å². The third-order valence-corrected chi connectivity index (χ3v) is 4.96. The molecule has 160 valence electrons. The second-order valence-electron chi connectivity index (χ2n) is 7.33. The van der Waals surface area contributed by atoms with Gasteiger partial charge in [-0.25, -0.2) is 0 Å². The average molecular weight is 497 g/mol. The van der Waals surface area contributed by atoms with E-state index in [1.54, 1.807) is 0 Å². The third kappa shape index (κ3) is 12.1. The molecule has 1 aliphatic carbocycles. The Hall–Kier alpha value is -0.120. The van der Waals surface area contributed by atoms with Crippen LogP contribution < -0.4 is 10.6 Å². The van der Waals surface area contributed by atoms with Gasteiger partial charge in [-0.2, -0.15) is 0 Å². The fourth-order valence-corrected chi connectivity index (χ4v) is 3.42. The highest BCUT2D eigenvalue weighted by Gasteiger charge is 2.15. The van der Waals surface area contributed by atoms with Crippen LogP contribution in [0.25, 0.3) is 0 Å². The van der Waals surface area contributed by atoms with Gasteiger partial charge in [0, 0.05) is 45.4 Å². The van der Waals surface area contributed by atoms with Gasteiger partial charge >= 0.3 is 0 Å². The maximum Gasteiger partial charge on any atom is 0.191 e. The van der Waals surface area contributed by atoms with E-state index in [2.05, 4.69) is 22.5 Å². The Morgan fingerprint density at radius 2 is 1.93 bits per heavy atom. The predicted molar refractivity (Wildman–Crippen MR) is 121 cm³/mol. The number of rotatable bonds is 12. The molecule has 1 saturated carbocycles. The Morgan fingerprint density at radius 1 is 1.07 bits per heavy atom. The minimum Gasteiger partial charge on any atom is -0.381 e. The molecule has 0 aromatic carbocycles. The Labute approximate surface area is 182 Å². The molecular weight excluding hydrogens is 457 g/mol. The number of hydrogen-bond donors (Lipinski definition) is 2. The van der Waals surface area contributed by atoms with Crippen LogP contribution in [-0.4, -0.2) is 64.7 Å². The molecule has 1 aliphatic heterocycles. The second kappa shape index (κ2) is 16.8. The number of halogens is 1. The maximum absolute atomic E-state index is 5.97. The Balaban J connectivity index is 0.00000364. The van der Waals surface area contributed by atoms with Crippen LogP contribution in [-0.2, 0) is 14.2 Å². The summed E-state index contributed by atoms with van der Waals surface area (Å²) in [6.45, 7) is 8.84. The van der Waals surface area contributed by atoms with Gasteiger partial charge in [0.1, 0.15) is 0 Å². The highest BCUT2D eigenvalue weighted by Crippen LogP contribution is 2.20. The van der Waals surface area contributed by atoms with Gasteiger partial charge in [-0.3, -0.25) is 4.99 Å². The summed E-state index contributed by atoms with van der Waals surface area (Å²) in [7, 11) is 0. The molecule has 1 saturated heterocycles. The van der Waals surface area contributed by atoms with Gasteiger partial charge < -0.3 is 24.8 Å². The van der Waals surface area contributed by atoms with Crippen molar-refractivity contribution in [1.82, 2.24) is 10.6 Å². The van der Waals surface area contributed by atoms with Gasteiger partial charge in [0.05, 0.1) is 19.3 Å². The molecule has 2 fully saturated rings. The quantitative estimate of drug-likeness (QED) is 0.188. The topological polar surface area (TPSA) is 64.1 Å². The molecule has 6 nitrogen and oxygen atoms in total. The highest BCUT2D eigenvalue weighted by molar-refractivity contribution is 14.0. The second-order valence-corrected chi connectivity index (χ2v) is 7.33. The van der Waals surface area contributed by atoms with Crippen LogP contribution in [0.4, 0.5) is 0 Å². The normalized spacial score (nSPS) is 21.1. The van der Waals surface area contributed by atoms with Crippen molar-refractivity contribution in [2.45, 2.75) is 64.4 Å². The van der Waals surface area contributed by atoms with Gasteiger partial charge in [-0.1, -0.05) is 19.3 Å². The van der Waals surface area contributed by atoms with E-state index in [9.17, 15) is 0 Å². The van der Waals surface area contributed by atoms with Crippen molar-refractivity contribution in [3.8, 4) is 0 Å². The van der Waals surface area contributed by atoms with E-state index >= 15 is 0 Å². The zero-order valence-corrected chi connectivity index (χ0v) is 19.4. The molecule has 27 heavy (non-hydrogen) atoms. The first-order chi connectivity index (χ1) is 12.9. The Bertz CT molecular complexity index is 373. The van der Waals surface area contributed by atoms with Gasteiger partial charge in [-0.05, 0) is 39.0 Å². The lowest BCUT2D eigenvalue weighted by atomic mass is 9.98. The fraction of sp³-hybridized carbons (Fsp3) is 0.950. The smallest absolute Gasteiger partial charge is 0.191 e. The maximum atomic E-state index is 5.97. The first-order valence-electron chi connectivity index (χ1n) is 10.7. The van der Waals surface area contributed by atoms with Crippen molar-refractivity contribution in [2.24, 2.45) is 10.9 Å². The zero-order chi connectivity index (χ0) is 18.3. The minimum absolute atomic E-state index is 0. The van der Waals surface area contributed by atoms with Crippen LogP contribution in [0.3, 0.4) is 0 Å². The predicted octanol–water partition coefficient (Wildman–Crippen LogP) is 3.34. The summed E-state index contributed by atoms with van der Waals surface area (Å²) in [6.07, 6.45) is 10.1. The monoisotopic (exact) mass is 497 g/mol. The molecule has 2 N–H and O–H groups in total. The first kappa shape index (κ1) is 24.9. The lowest BCUT2D eigenvalue weighted by Crippen LogP contribution is -2.38. The number of nitrogens with one attached hydrogen (secondary N) is 2. The molecule has 1 unspecified atom stereocenters. The molecule has 0 aromatic heterocycles. The van der Waals surface area contributed by atoms with E-state index in [1.807, 2.05) is 0 Å². The third-order valence-electron chi connectivity index (χ3n) is 4.96. The van der Waals surface area contributed by atoms with Crippen LogP contribution in [0.15, 0.2) is 4.99 Å². The number of guanidine groups is 1. The number of ether oxygens (including phenoxy) is 3. The lowest BCUT2D eigenvalue weighted by Gasteiger charge is -2.22. The summed E-state index contributed by atoms with van der Waals surface area (Å²) in [5.74, 6) is 1.49. The van der Waals surface area contributed by atoms with Crippen molar-refractivity contribution in [2.75, 3.05) is 52.7 Å². The van der Waals surface area contributed by atoms with Crippen LogP contribution in [0, 0.1) is 5.92 Å². The standard InChI is InChI=1S/C20H39N3O3.HI/c1-2-21-20(22-11-6-13-24-16-18-10-15-25-17-18)23-12-7-14-26-19-8-4-3-5-9-19;/h18-19H,2-17H2,1H3,(H2,21,22,23);1H. The highest BCUT2D eigenvalue weighted by atomic mass is 127. The van der Waals surface area contributed by atoms with Gasteiger partial charge in [0.2, 0.25) is 0 Å². The van der Waals surface area contributed by atoms with E-state index in [4.69, 9.17) is 14.2 Å². The van der Waals surface area contributed by atoms with Crippen LogP contribution in [0.1, 0.15) is 58.3 Å². The molecule has 1 heterocycles. The molecule has 0 bridgehead atoms. The SMILES string of the molecule is CCNC(=NCCCOCC1CCOC1)NCCCOC1CCCCC1.I. The van der Waals surface area contributed by atoms with E-state index in [0.717, 1.165) is 77.9 Å². The van der Waals surface area contributed by atoms with E-state index in [-0.39, 0.29) is 24.0 Å². The molecular formula is C20H40IN3O3. The Morgan fingerprint density at radius 3 is 2.67 bits per heavy atom. The molecule has 0 radical (unpaired) electrons. The van der Waals surface area contributed by atoms with Crippen LogP contribution >= 0.6 is 24.0 Å². The van der Waals surface area contributed by atoms with Gasteiger partial charge in [0.25, 0.3) is 0 Å². The first-order valence-corrected chi connectivity index (χ1v) is 10.7. The summed E-state index contributed by atoms with van der Waals surface area (Å²) in [6, 6.07) is 0. The lowest BCUT2D eigenvalue weighted by molar-refractivity contribution is 0.0277. The average Bonchev–Trinajstić information content (AvgIpc) is 3.18. The number of hydrogen-bond acceptors (Lipinski definition) is 4. The van der Waals surface area contributed by atoms with Crippen molar-refractivity contribution in [3.63, 3.8) is 0 Å². The van der Waals surface area contributed by atoms with Crippen molar-refractivity contribution in [1.29, 1.82) is 0 Å². The summed E-state index contributed by atoms with van der Waals surface area (Å²) in [5.41, 5.74) is 0. The van der Waals surface area contributed by atoms with Gasteiger partial charge in [0.15, 0.2) is 5.96 Å². The number of aliphatic imine (C=N–C) groups is 1. The fourth-order valence-electron chi connectivity index (χ4n) is 3.42. The van der Waals surface area contributed by atoms with Gasteiger partial charge in [-0.15, -0.1) is 24.0 Å². The summed E-state index contributed by atoms with van der Waals surface area (Å²) >= 11 is 0. The van der Waals surface area contributed by atoms with E-state index in [0.29, 0.717) is 12.0 Å². The minimum atomic E-state index is 0.